The van der Waals surface area contributed by atoms with Crippen LogP contribution in [-0.2, 0) is 25.7 Å². The van der Waals surface area contributed by atoms with E-state index >= 15 is 0 Å². The maximum absolute atomic E-state index is 13.8. The summed E-state index contributed by atoms with van der Waals surface area (Å²) in [5, 5.41) is 0. The second-order valence-corrected chi connectivity index (χ2v) is 10.1. The summed E-state index contributed by atoms with van der Waals surface area (Å²) in [6, 6.07) is 8.67. The van der Waals surface area contributed by atoms with Crippen LogP contribution in [0.4, 0.5) is 13.2 Å². The smallest absolute Gasteiger partial charge is 0.416 e. The minimum Gasteiger partial charge on any atom is -0.463 e. The van der Waals surface area contributed by atoms with Crippen LogP contribution in [0, 0.1) is 12.8 Å². The predicted molar refractivity (Wildman–Crippen MR) is 118 cm³/mol. The number of alkyl halides is 3. The molecule has 0 aromatic heterocycles. The third-order valence-electron chi connectivity index (χ3n) is 5.54. The molecule has 9 heteroatoms. The topological polar surface area (TPSA) is 63.7 Å². The van der Waals surface area contributed by atoms with Crippen LogP contribution >= 0.6 is 0 Å². The first kappa shape index (κ1) is 25.0. The van der Waals surface area contributed by atoms with Crippen molar-refractivity contribution in [1.29, 1.82) is 0 Å². The van der Waals surface area contributed by atoms with Crippen molar-refractivity contribution in [2.45, 2.75) is 50.9 Å². The fourth-order valence-electron chi connectivity index (χ4n) is 3.85. The Hall–Kier alpha value is -2.65. The molecule has 2 atom stereocenters. The molecule has 1 heterocycles. The molecule has 0 spiro atoms. The number of carbonyl (C=O) groups is 1. The van der Waals surface area contributed by atoms with Gasteiger partial charge in [-0.15, -0.1) is 0 Å². The van der Waals surface area contributed by atoms with Gasteiger partial charge < -0.3 is 4.74 Å². The number of rotatable bonds is 6. The van der Waals surface area contributed by atoms with E-state index in [0.29, 0.717) is 0 Å². The van der Waals surface area contributed by atoms with E-state index in [2.05, 4.69) is 0 Å². The van der Waals surface area contributed by atoms with Crippen molar-refractivity contribution in [3.8, 4) is 0 Å². The van der Waals surface area contributed by atoms with E-state index in [0.717, 1.165) is 17.7 Å². The lowest BCUT2D eigenvalue weighted by molar-refractivity contribution is -0.139. The normalized spacial score (nSPS) is 19.6. The molecule has 2 aromatic rings. The highest BCUT2D eigenvalue weighted by molar-refractivity contribution is 7.89. The Morgan fingerprint density at radius 3 is 2.12 bits per heavy atom. The fraction of sp³-hybridized carbons (Fsp3) is 0.375. The van der Waals surface area contributed by atoms with Gasteiger partial charge in [0.1, 0.15) is 0 Å². The molecule has 3 rings (SSSR count). The molecule has 2 aromatic carbocycles. The van der Waals surface area contributed by atoms with Crippen LogP contribution in [0.2, 0.25) is 0 Å². The first-order chi connectivity index (χ1) is 15.4. The number of ether oxygens (including phenoxy) is 1. The van der Waals surface area contributed by atoms with Crippen LogP contribution in [0.1, 0.15) is 43.5 Å². The molecule has 0 fully saturated rings. The van der Waals surface area contributed by atoms with E-state index in [9.17, 15) is 26.4 Å². The highest BCUT2D eigenvalue weighted by Gasteiger charge is 2.47. The van der Waals surface area contributed by atoms with Crippen LogP contribution in [-0.4, -0.2) is 31.3 Å². The summed E-state index contributed by atoms with van der Waals surface area (Å²) >= 11 is 0. The summed E-state index contributed by atoms with van der Waals surface area (Å²) in [5.41, 5.74) is 0.354. The Morgan fingerprint density at radius 1 is 1.06 bits per heavy atom. The molecule has 178 valence electrons. The number of hydrogen-bond donors (Lipinski definition) is 0. The number of nitrogens with zero attached hydrogens (tertiary/aromatic N) is 1. The molecule has 0 saturated carbocycles. The van der Waals surface area contributed by atoms with Crippen LogP contribution in [0.25, 0.3) is 0 Å². The predicted octanol–water partition coefficient (Wildman–Crippen LogP) is 5.27. The van der Waals surface area contributed by atoms with Gasteiger partial charge in [0.2, 0.25) is 10.0 Å². The molecule has 5 nitrogen and oxygen atoms in total. The second kappa shape index (κ2) is 9.30. The van der Waals surface area contributed by atoms with Crippen molar-refractivity contribution in [3.05, 3.63) is 76.9 Å². The van der Waals surface area contributed by atoms with E-state index in [-0.39, 0.29) is 28.6 Å². The number of sulfonamides is 1. The summed E-state index contributed by atoms with van der Waals surface area (Å²) in [7, 11) is -4.12. The molecule has 0 aliphatic carbocycles. The monoisotopic (exact) mass is 481 g/mol. The van der Waals surface area contributed by atoms with E-state index in [1.165, 1.54) is 28.6 Å². The largest absolute Gasteiger partial charge is 0.463 e. The minimum atomic E-state index is -4.54. The van der Waals surface area contributed by atoms with Gasteiger partial charge in [0.05, 0.1) is 28.7 Å². The summed E-state index contributed by atoms with van der Waals surface area (Å²) < 4.78 is 73.2. The van der Waals surface area contributed by atoms with Gasteiger partial charge in [-0.05, 0) is 49.6 Å². The number of hydrogen-bond acceptors (Lipinski definition) is 4. The van der Waals surface area contributed by atoms with Gasteiger partial charge in [-0.1, -0.05) is 49.8 Å². The van der Waals surface area contributed by atoms with E-state index in [4.69, 9.17) is 4.74 Å². The lowest BCUT2D eigenvalue weighted by Gasteiger charge is -2.32. The average Bonchev–Trinajstić information content (AvgIpc) is 3.16. The molecule has 1 aliphatic rings. The Labute approximate surface area is 191 Å². The summed E-state index contributed by atoms with van der Waals surface area (Å²) in [6.07, 6.45) is -2.99. The second-order valence-electron chi connectivity index (χ2n) is 8.25. The highest BCUT2D eigenvalue weighted by Crippen LogP contribution is 2.44. The molecule has 0 N–H and O–H groups in total. The van der Waals surface area contributed by atoms with Crippen LogP contribution in [0.5, 0.6) is 0 Å². The van der Waals surface area contributed by atoms with Crippen molar-refractivity contribution in [3.63, 3.8) is 0 Å². The Balaban J connectivity index is 2.19. The van der Waals surface area contributed by atoms with E-state index in [1.807, 2.05) is 20.8 Å². The van der Waals surface area contributed by atoms with Gasteiger partial charge in [0.25, 0.3) is 0 Å². The zero-order valence-corrected chi connectivity index (χ0v) is 19.6. The van der Waals surface area contributed by atoms with Crippen molar-refractivity contribution in [2.75, 3.05) is 6.61 Å². The molecular formula is C24H26F3NO4S. The van der Waals surface area contributed by atoms with E-state index in [1.54, 1.807) is 25.1 Å². The Morgan fingerprint density at radius 2 is 1.64 bits per heavy atom. The van der Waals surface area contributed by atoms with Gasteiger partial charge in [0, 0.05) is 6.04 Å². The Kier molecular flexibility index (Phi) is 7.04. The average molecular weight is 482 g/mol. The number of carbonyl (C=O) groups excluding carboxylic acids is 1. The van der Waals surface area contributed by atoms with Crippen LogP contribution < -0.4 is 0 Å². The minimum absolute atomic E-state index is 0.0363. The molecular weight excluding hydrogens is 455 g/mol. The number of halogens is 3. The highest BCUT2D eigenvalue weighted by atomic mass is 32.2. The molecule has 0 bridgehead atoms. The molecule has 0 unspecified atom stereocenters. The zero-order chi connectivity index (χ0) is 24.6. The quantitative estimate of drug-likeness (QED) is 0.527. The SMILES string of the molecule is CCOC(=O)C1=C[C@@H](C(C)C)N(S(=O)(=O)c2ccc(C)cc2)[C@H]1c1ccc(C(F)(F)F)cc1. The maximum Gasteiger partial charge on any atom is 0.416 e. The zero-order valence-electron chi connectivity index (χ0n) is 18.8. The lowest BCUT2D eigenvalue weighted by atomic mass is 9.99. The van der Waals surface area contributed by atoms with Crippen LogP contribution in [0.3, 0.4) is 0 Å². The molecule has 0 amide bonds. The number of benzene rings is 2. The maximum atomic E-state index is 13.8. The third kappa shape index (κ3) is 4.99. The molecule has 0 radical (unpaired) electrons. The first-order valence-corrected chi connectivity index (χ1v) is 12.0. The van der Waals surface area contributed by atoms with Gasteiger partial charge in [0.15, 0.2) is 0 Å². The number of esters is 1. The summed E-state index contributed by atoms with van der Waals surface area (Å²) in [5.74, 6) is -0.913. The number of aryl methyl sites for hydroxylation is 1. The van der Waals surface area contributed by atoms with Gasteiger partial charge in [-0.2, -0.15) is 17.5 Å². The van der Waals surface area contributed by atoms with Gasteiger partial charge >= 0.3 is 12.1 Å². The van der Waals surface area contributed by atoms with Gasteiger partial charge in [-0.25, -0.2) is 13.2 Å². The first-order valence-electron chi connectivity index (χ1n) is 10.5. The molecule has 0 saturated heterocycles. The van der Waals surface area contributed by atoms with Crippen molar-refractivity contribution >= 4 is 16.0 Å². The lowest BCUT2D eigenvalue weighted by Crippen LogP contribution is -2.41. The van der Waals surface area contributed by atoms with E-state index < -0.39 is 39.8 Å². The summed E-state index contributed by atoms with van der Waals surface area (Å²) in [4.78, 5) is 12.8. The standard InChI is InChI=1S/C24H26F3NO4S/c1-5-32-23(29)20-14-21(15(2)3)28(33(30,31)19-12-6-16(4)7-13-19)22(20)17-8-10-18(11-9-17)24(25,26)27/h6-15,21-22H,5H2,1-4H3/t21-,22-/m0/s1. The van der Waals surface area contributed by atoms with Crippen molar-refractivity contribution in [1.82, 2.24) is 4.31 Å². The Bertz CT molecular complexity index is 1140. The fourth-order valence-corrected chi connectivity index (χ4v) is 5.71. The summed E-state index contributed by atoms with van der Waals surface area (Å²) in [6.45, 7) is 7.16. The van der Waals surface area contributed by atoms with Crippen LogP contribution in [0.15, 0.2) is 65.1 Å². The van der Waals surface area contributed by atoms with Crippen molar-refractivity contribution < 1.29 is 31.1 Å². The molecule has 33 heavy (non-hydrogen) atoms. The van der Waals surface area contributed by atoms with Gasteiger partial charge in [-0.3, -0.25) is 0 Å². The molecule has 1 aliphatic heterocycles. The van der Waals surface area contributed by atoms with Crippen molar-refractivity contribution in [2.24, 2.45) is 5.92 Å². The third-order valence-corrected chi connectivity index (χ3v) is 7.41.